The predicted molar refractivity (Wildman–Crippen MR) is 111 cm³/mol. The SMILES string of the molecule is CCC1Oc2cc(C(C)NC(=O)CN3C(=O)C4C5CCC(C5)C4C3=O)ccc2NC1=O. The number of imide groups is 1. The lowest BCUT2D eigenvalue weighted by Gasteiger charge is -2.26. The van der Waals surface area contributed by atoms with Crippen LogP contribution in [-0.4, -0.2) is 41.2 Å². The fraction of sp³-hybridized carbons (Fsp3) is 0.565. The second-order valence-electron chi connectivity index (χ2n) is 9.20. The van der Waals surface area contributed by atoms with Gasteiger partial charge in [0.15, 0.2) is 6.10 Å². The molecule has 6 unspecified atom stereocenters. The fourth-order valence-electron chi connectivity index (χ4n) is 5.84. The van der Waals surface area contributed by atoms with Gasteiger partial charge in [0, 0.05) is 0 Å². The van der Waals surface area contributed by atoms with E-state index >= 15 is 0 Å². The molecule has 0 spiro atoms. The van der Waals surface area contributed by atoms with Crippen LogP contribution in [0.1, 0.15) is 51.1 Å². The summed E-state index contributed by atoms with van der Waals surface area (Å²) in [5.41, 5.74) is 1.42. The maximum atomic E-state index is 12.8. The standard InChI is InChI=1S/C23H27N3O5/c1-3-16-21(28)25-15-7-6-12(9-17(15)31-16)11(2)24-18(27)10-26-22(29)19-13-4-5-14(8-13)20(19)23(26)30/h6-7,9,11,13-14,16,19-20H,3-5,8,10H2,1-2H3,(H,24,27)(H,25,28). The van der Waals surface area contributed by atoms with Crippen molar-refractivity contribution < 1.29 is 23.9 Å². The van der Waals surface area contributed by atoms with Crippen LogP contribution in [0.15, 0.2) is 18.2 Å². The third-order valence-electron chi connectivity index (χ3n) is 7.39. The Morgan fingerprint density at radius 2 is 1.87 bits per heavy atom. The quantitative estimate of drug-likeness (QED) is 0.702. The molecule has 2 saturated carbocycles. The average molecular weight is 425 g/mol. The zero-order chi connectivity index (χ0) is 21.9. The van der Waals surface area contributed by atoms with E-state index in [1.54, 1.807) is 12.1 Å². The molecule has 2 heterocycles. The molecule has 2 aliphatic carbocycles. The lowest BCUT2D eigenvalue weighted by Crippen LogP contribution is -2.42. The van der Waals surface area contributed by atoms with Crippen LogP contribution in [0, 0.1) is 23.7 Å². The topological polar surface area (TPSA) is 105 Å². The molecule has 31 heavy (non-hydrogen) atoms. The van der Waals surface area contributed by atoms with Gasteiger partial charge in [-0.1, -0.05) is 13.0 Å². The van der Waals surface area contributed by atoms with Crippen LogP contribution in [-0.2, 0) is 19.2 Å². The number of nitrogens with zero attached hydrogens (tertiary/aromatic N) is 1. The van der Waals surface area contributed by atoms with Gasteiger partial charge in [-0.25, -0.2) is 0 Å². The van der Waals surface area contributed by atoms with Gasteiger partial charge < -0.3 is 15.4 Å². The van der Waals surface area contributed by atoms with Crippen LogP contribution in [0.25, 0.3) is 0 Å². The van der Waals surface area contributed by atoms with Gasteiger partial charge >= 0.3 is 0 Å². The average Bonchev–Trinajstić information content (AvgIpc) is 3.43. The Morgan fingerprint density at radius 1 is 1.19 bits per heavy atom. The Labute approximate surface area is 180 Å². The van der Waals surface area contributed by atoms with Gasteiger partial charge in [0.2, 0.25) is 17.7 Å². The molecule has 8 nitrogen and oxygen atoms in total. The minimum Gasteiger partial charge on any atom is -0.478 e. The van der Waals surface area contributed by atoms with E-state index in [4.69, 9.17) is 4.74 Å². The van der Waals surface area contributed by atoms with Crippen LogP contribution in [0.5, 0.6) is 5.75 Å². The van der Waals surface area contributed by atoms with Crippen molar-refractivity contribution in [1.82, 2.24) is 10.2 Å². The van der Waals surface area contributed by atoms with E-state index in [0.29, 0.717) is 29.7 Å². The number of rotatable bonds is 5. The summed E-state index contributed by atoms with van der Waals surface area (Å²) in [6, 6.07) is 5.02. The molecule has 1 aromatic carbocycles. The van der Waals surface area contributed by atoms with Crippen LogP contribution < -0.4 is 15.4 Å². The summed E-state index contributed by atoms with van der Waals surface area (Å²) >= 11 is 0. The smallest absolute Gasteiger partial charge is 0.265 e. The number of carbonyl (C=O) groups is 4. The van der Waals surface area contributed by atoms with Crippen molar-refractivity contribution in [3.05, 3.63) is 23.8 Å². The lowest BCUT2D eigenvalue weighted by atomic mass is 9.81. The Balaban J connectivity index is 1.24. The van der Waals surface area contributed by atoms with E-state index in [-0.39, 0.29) is 48.1 Å². The van der Waals surface area contributed by atoms with Crippen LogP contribution >= 0.6 is 0 Å². The molecule has 164 valence electrons. The summed E-state index contributed by atoms with van der Waals surface area (Å²) in [6.45, 7) is 3.48. The third-order valence-corrected chi connectivity index (χ3v) is 7.39. The van der Waals surface area contributed by atoms with Crippen molar-refractivity contribution in [2.45, 2.75) is 51.7 Å². The zero-order valence-corrected chi connectivity index (χ0v) is 17.7. The predicted octanol–water partition coefficient (Wildman–Crippen LogP) is 2.00. The molecular formula is C23H27N3O5. The number of hydrogen-bond acceptors (Lipinski definition) is 5. The second-order valence-corrected chi connectivity index (χ2v) is 9.20. The van der Waals surface area contributed by atoms with Crippen LogP contribution in [0.4, 0.5) is 5.69 Å². The molecule has 4 amide bonds. The molecule has 5 rings (SSSR count). The highest BCUT2D eigenvalue weighted by molar-refractivity contribution is 6.08. The van der Waals surface area contributed by atoms with Gasteiger partial charge in [-0.3, -0.25) is 24.1 Å². The first-order chi connectivity index (χ1) is 14.9. The molecule has 2 aliphatic heterocycles. The molecular weight excluding hydrogens is 398 g/mol. The number of hydrogen-bond donors (Lipinski definition) is 2. The molecule has 1 saturated heterocycles. The third kappa shape index (κ3) is 3.20. The van der Waals surface area contributed by atoms with Crippen molar-refractivity contribution in [1.29, 1.82) is 0 Å². The molecule has 4 aliphatic rings. The van der Waals surface area contributed by atoms with Crippen LogP contribution in [0.2, 0.25) is 0 Å². The van der Waals surface area contributed by atoms with Crippen molar-refractivity contribution in [2.24, 2.45) is 23.7 Å². The Kier molecular flexibility index (Phi) is 4.75. The Morgan fingerprint density at radius 3 is 2.52 bits per heavy atom. The summed E-state index contributed by atoms with van der Waals surface area (Å²) in [4.78, 5) is 51.4. The van der Waals surface area contributed by atoms with E-state index in [0.717, 1.165) is 24.8 Å². The van der Waals surface area contributed by atoms with Crippen molar-refractivity contribution in [3.63, 3.8) is 0 Å². The summed E-state index contributed by atoms with van der Waals surface area (Å²) in [5.74, 6) is -0.114. The van der Waals surface area contributed by atoms with E-state index in [1.165, 1.54) is 4.90 Å². The highest BCUT2D eigenvalue weighted by atomic mass is 16.5. The summed E-state index contributed by atoms with van der Waals surface area (Å²) in [7, 11) is 0. The van der Waals surface area contributed by atoms with E-state index < -0.39 is 6.10 Å². The molecule has 3 fully saturated rings. The summed E-state index contributed by atoms with van der Waals surface area (Å²) in [6.07, 6.45) is 3.03. The summed E-state index contributed by atoms with van der Waals surface area (Å²) in [5, 5.41) is 5.71. The minimum atomic E-state index is -0.533. The van der Waals surface area contributed by atoms with Gasteiger partial charge in [0.05, 0.1) is 23.6 Å². The Hall–Kier alpha value is -2.90. The maximum Gasteiger partial charge on any atom is 0.265 e. The number of fused-ring (bicyclic) bond motifs is 6. The molecule has 1 aromatic rings. The minimum absolute atomic E-state index is 0.165. The number of anilines is 1. The van der Waals surface area contributed by atoms with Gasteiger partial charge in [-0.2, -0.15) is 0 Å². The highest BCUT2D eigenvalue weighted by Crippen LogP contribution is 2.56. The second kappa shape index (κ2) is 7.35. The number of amides is 4. The number of benzene rings is 1. The summed E-state index contributed by atoms with van der Waals surface area (Å²) < 4.78 is 5.77. The molecule has 0 aromatic heterocycles. The molecule has 2 bridgehead atoms. The molecule has 2 N–H and O–H groups in total. The van der Waals surface area contributed by atoms with Crippen LogP contribution in [0.3, 0.4) is 0 Å². The first-order valence-corrected chi connectivity index (χ1v) is 11.1. The van der Waals surface area contributed by atoms with Gasteiger partial charge in [-0.15, -0.1) is 0 Å². The van der Waals surface area contributed by atoms with Gasteiger partial charge in [0.1, 0.15) is 12.3 Å². The maximum absolute atomic E-state index is 12.8. The zero-order valence-electron chi connectivity index (χ0n) is 17.7. The van der Waals surface area contributed by atoms with Gasteiger partial charge in [-0.05, 0) is 62.1 Å². The molecule has 0 radical (unpaired) electrons. The number of carbonyl (C=O) groups excluding carboxylic acids is 4. The molecule has 6 atom stereocenters. The molecule has 8 heteroatoms. The largest absolute Gasteiger partial charge is 0.478 e. The number of ether oxygens (including phenoxy) is 1. The van der Waals surface area contributed by atoms with Crippen molar-refractivity contribution >= 4 is 29.3 Å². The van der Waals surface area contributed by atoms with Crippen molar-refractivity contribution in [3.8, 4) is 5.75 Å². The van der Waals surface area contributed by atoms with E-state index in [2.05, 4.69) is 10.6 Å². The van der Waals surface area contributed by atoms with E-state index in [9.17, 15) is 19.2 Å². The number of likely N-dealkylation sites (tertiary alicyclic amines) is 1. The lowest BCUT2D eigenvalue weighted by molar-refractivity contribution is -0.144. The monoisotopic (exact) mass is 425 g/mol. The van der Waals surface area contributed by atoms with Gasteiger partial charge in [0.25, 0.3) is 5.91 Å². The first kappa shape index (κ1) is 20.0. The fourth-order valence-corrected chi connectivity index (χ4v) is 5.84. The highest BCUT2D eigenvalue weighted by Gasteiger charge is 2.60. The first-order valence-electron chi connectivity index (χ1n) is 11.1. The normalized spacial score (nSPS) is 31.7. The number of nitrogens with one attached hydrogen (secondary N) is 2. The Bertz CT molecular complexity index is 948. The van der Waals surface area contributed by atoms with E-state index in [1.807, 2.05) is 19.9 Å². The van der Waals surface area contributed by atoms with Crippen molar-refractivity contribution in [2.75, 3.05) is 11.9 Å².